The Bertz CT molecular complexity index is 521. The first-order chi connectivity index (χ1) is 9.54. The normalized spacial score (nSPS) is 23.2. The van der Waals surface area contributed by atoms with E-state index in [1.807, 2.05) is 24.6 Å². The van der Waals surface area contributed by atoms with E-state index in [9.17, 15) is 9.59 Å². The zero-order valence-electron chi connectivity index (χ0n) is 12.0. The van der Waals surface area contributed by atoms with Crippen LogP contribution in [-0.4, -0.2) is 30.4 Å². The lowest BCUT2D eigenvalue weighted by molar-refractivity contribution is -0.140. The van der Waals surface area contributed by atoms with Crippen molar-refractivity contribution in [3.63, 3.8) is 0 Å². The van der Waals surface area contributed by atoms with Crippen LogP contribution < -0.4 is 0 Å². The van der Waals surface area contributed by atoms with Gasteiger partial charge in [0.1, 0.15) is 0 Å². The summed E-state index contributed by atoms with van der Waals surface area (Å²) in [5, 5.41) is 2.00. The Labute approximate surface area is 123 Å². The maximum absolute atomic E-state index is 11.9. The minimum atomic E-state index is -0.306. The summed E-state index contributed by atoms with van der Waals surface area (Å²) in [6.45, 7) is 3.81. The first-order valence-corrected chi connectivity index (χ1v) is 7.51. The second kappa shape index (κ2) is 6.22. The number of nitrogens with zero attached hydrogens (tertiary/aromatic N) is 1. The smallest absolute Gasteiger partial charge is 0.333 e. The lowest BCUT2D eigenvalue weighted by Gasteiger charge is -2.23. The molecule has 1 aliphatic heterocycles. The molecule has 0 radical (unpaired) electrons. The molecule has 0 N–H and O–H groups in total. The summed E-state index contributed by atoms with van der Waals surface area (Å²) in [5.41, 5.74) is 0.593. The molecule has 1 aliphatic rings. The lowest BCUT2D eigenvalue weighted by Crippen LogP contribution is -2.25. The number of carbonyl (C=O) groups excluding carboxylic acids is 2. The van der Waals surface area contributed by atoms with Gasteiger partial charge in [0.05, 0.1) is 12.6 Å². The third-order valence-corrected chi connectivity index (χ3v) is 4.66. The van der Waals surface area contributed by atoms with Crippen molar-refractivity contribution in [2.75, 3.05) is 13.7 Å². The van der Waals surface area contributed by atoms with Crippen LogP contribution in [0.15, 0.2) is 29.2 Å². The van der Waals surface area contributed by atoms with Crippen LogP contribution in [0, 0.1) is 5.92 Å². The van der Waals surface area contributed by atoms with Gasteiger partial charge in [0.2, 0.25) is 5.91 Å². The van der Waals surface area contributed by atoms with E-state index in [0.717, 1.165) is 4.88 Å². The monoisotopic (exact) mass is 293 g/mol. The summed E-state index contributed by atoms with van der Waals surface area (Å²) in [7, 11) is 1.81. The van der Waals surface area contributed by atoms with Gasteiger partial charge in [-0.05, 0) is 25.3 Å². The van der Waals surface area contributed by atoms with Crippen LogP contribution in [0.2, 0.25) is 0 Å². The van der Waals surface area contributed by atoms with Gasteiger partial charge in [-0.1, -0.05) is 12.1 Å². The number of esters is 1. The molecule has 1 fully saturated rings. The van der Waals surface area contributed by atoms with E-state index in [4.69, 9.17) is 4.74 Å². The van der Waals surface area contributed by atoms with Gasteiger partial charge in [0, 0.05) is 29.8 Å². The summed E-state index contributed by atoms with van der Waals surface area (Å²) >= 11 is 1.63. The van der Waals surface area contributed by atoms with E-state index in [0.29, 0.717) is 12.0 Å². The summed E-state index contributed by atoms with van der Waals surface area (Å²) in [4.78, 5) is 26.5. The minimum Gasteiger partial charge on any atom is -0.462 e. The van der Waals surface area contributed by atoms with Crippen LogP contribution in [-0.2, 0) is 14.3 Å². The summed E-state index contributed by atoms with van der Waals surface area (Å²) < 4.78 is 5.32. The molecular weight excluding hydrogens is 274 g/mol. The van der Waals surface area contributed by atoms with E-state index >= 15 is 0 Å². The molecule has 2 atom stereocenters. The molecule has 0 bridgehead atoms. The highest BCUT2D eigenvalue weighted by atomic mass is 32.1. The van der Waals surface area contributed by atoms with Gasteiger partial charge < -0.3 is 9.64 Å². The number of amides is 1. The summed E-state index contributed by atoms with van der Waals surface area (Å²) in [6, 6.07) is 4.02. The van der Waals surface area contributed by atoms with Crippen molar-refractivity contribution in [3.8, 4) is 0 Å². The Morgan fingerprint density at radius 2 is 2.35 bits per heavy atom. The van der Waals surface area contributed by atoms with Crippen molar-refractivity contribution in [2.24, 2.45) is 5.92 Å². The average molecular weight is 293 g/mol. The number of rotatable bonds is 4. The van der Waals surface area contributed by atoms with Crippen LogP contribution in [0.4, 0.5) is 0 Å². The maximum Gasteiger partial charge on any atom is 0.333 e. The topological polar surface area (TPSA) is 46.6 Å². The zero-order chi connectivity index (χ0) is 14.7. The van der Waals surface area contributed by atoms with Gasteiger partial charge in [0.25, 0.3) is 0 Å². The molecule has 0 saturated carbocycles. The van der Waals surface area contributed by atoms with Crippen LogP contribution in [0.5, 0.6) is 0 Å². The number of likely N-dealkylation sites (tertiary alicyclic amines) is 1. The number of hydrogen-bond acceptors (Lipinski definition) is 4. The highest BCUT2D eigenvalue weighted by molar-refractivity contribution is 7.10. The van der Waals surface area contributed by atoms with Crippen molar-refractivity contribution < 1.29 is 14.3 Å². The lowest BCUT2D eigenvalue weighted by atomic mass is 10.00. The maximum atomic E-state index is 11.9. The van der Waals surface area contributed by atoms with Crippen molar-refractivity contribution >= 4 is 23.2 Å². The Morgan fingerprint density at radius 3 is 2.95 bits per heavy atom. The molecule has 1 amide bonds. The molecule has 5 heteroatoms. The zero-order valence-corrected chi connectivity index (χ0v) is 12.8. The molecule has 4 nitrogen and oxygen atoms in total. The van der Waals surface area contributed by atoms with Crippen molar-refractivity contribution in [1.82, 2.24) is 4.90 Å². The molecule has 20 heavy (non-hydrogen) atoms. The molecule has 2 rings (SSSR count). The van der Waals surface area contributed by atoms with Crippen LogP contribution >= 0.6 is 11.3 Å². The van der Waals surface area contributed by atoms with Gasteiger partial charge in [-0.25, -0.2) is 4.79 Å². The second-order valence-electron chi connectivity index (χ2n) is 5.00. The molecule has 1 saturated heterocycles. The Hall–Kier alpha value is -1.62. The van der Waals surface area contributed by atoms with Crippen LogP contribution in [0.3, 0.4) is 0 Å². The van der Waals surface area contributed by atoms with Crippen molar-refractivity contribution in [2.45, 2.75) is 26.3 Å². The predicted octanol–water partition coefficient (Wildman–Crippen LogP) is 2.78. The molecule has 0 aliphatic carbocycles. The highest BCUT2D eigenvalue weighted by Gasteiger charge is 2.39. The molecule has 108 valence electrons. The number of hydrogen-bond donors (Lipinski definition) is 0. The van der Waals surface area contributed by atoms with E-state index in [1.54, 1.807) is 36.2 Å². The SMILES string of the molecule is C/C=C(/C)C(=O)OC[C@@H]1CC(=O)N(C)[C@H]1c1cccs1. The summed E-state index contributed by atoms with van der Waals surface area (Å²) in [6.07, 6.45) is 2.16. The van der Waals surface area contributed by atoms with Crippen LogP contribution in [0.25, 0.3) is 0 Å². The first kappa shape index (κ1) is 14.8. The number of thiophene rings is 1. The first-order valence-electron chi connectivity index (χ1n) is 6.63. The number of allylic oxidation sites excluding steroid dienone is 1. The van der Waals surface area contributed by atoms with Gasteiger partial charge >= 0.3 is 5.97 Å². The average Bonchev–Trinajstić information content (AvgIpc) is 3.04. The third kappa shape index (κ3) is 2.93. The van der Waals surface area contributed by atoms with E-state index in [2.05, 4.69) is 0 Å². The van der Waals surface area contributed by atoms with E-state index in [-0.39, 0.29) is 30.4 Å². The molecule has 0 aromatic carbocycles. The second-order valence-corrected chi connectivity index (χ2v) is 5.98. The van der Waals surface area contributed by atoms with Gasteiger partial charge in [-0.15, -0.1) is 11.3 Å². The fourth-order valence-electron chi connectivity index (χ4n) is 2.40. The fraction of sp³-hybridized carbons (Fsp3) is 0.467. The third-order valence-electron chi connectivity index (χ3n) is 3.71. The van der Waals surface area contributed by atoms with Gasteiger partial charge in [-0.3, -0.25) is 4.79 Å². The number of carbonyl (C=O) groups is 2. The molecule has 1 aromatic rings. The molecule has 2 heterocycles. The predicted molar refractivity (Wildman–Crippen MR) is 78.3 cm³/mol. The van der Waals surface area contributed by atoms with Crippen molar-refractivity contribution in [3.05, 3.63) is 34.0 Å². The van der Waals surface area contributed by atoms with Crippen LogP contribution in [0.1, 0.15) is 31.2 Å². The molecule has 0 unspecified atom stereocenters. The van der Waals surface area contributed by atoms with E-state index < -0.39 is 0 Å². The van der Waals surface area contributed by atoms with Gasteiger partial charge in [-0.2, -0.15) is 0 Å². The largest absolute Gasteiger partial charge is 0.462 e. The summed E-state index contributed by atoms with van der Waals surface area (Å²) in [5.74, 6) is -0.175. The molecule has 0 spiro atoms. The minimum absolute atomic E-state index is 0.0150. The fourth-order valence-corrected chi connectivity index (χ4v) is 3.36. The number of ether oxygens (including phenoxy) is 1. The van der Waals surface area contributed by atoms with E-state index in [1.165, 1.54) is 0 Å². The highest BCUT2D eigenvalue weighted by Crippen LogP contribution is 2.39. The molecular formula is C15H19NO3S. The standard InChI is InChI=1S/C15H19NO3S/c1-4-10(2)15(18)19-9-11-8-13(17)16(3)14(11)12-6-5-7-20-12/h4-7,11,14H,8-9H2,1-3H3/b10-4-/t11-,14+/m0/s1. The Balaban J connectivity index is 2.06. The van der Waals surface area contributed by atoms with Gasteiger partial charge in [0.15, 0.2) is 0 Å². The Morgan fingerprint density at radius 1 is 1.60 bits per heavy atom. The Kier molecular flexibility index (Phi) is 4.60. The van der Waals surface area contributed by atoms with Crippen molar-refractivity contribution in [1.29, 1.82) is 0 Å². The molecule has 1 aromatic heterocycles. The quantitative estimate of drug-likeness (QED) is 0.633.